The van der Waals surface area contributed by atoms with Gasteiger partial charge in [0.2, 0.25) is 0 Å². The highest BCUT2D eigenvalue weighted by atomic mass is 19.4. The molecule has 2 saturated heterocycles. The maximum Gasteiger partial charge on any atom is 0.586 e. The molecule has 1 saturated carbocycles. The zero-order chi connectivity index (χ0) is 27.5. The van der Waals surface area contributed by atoms with E-state index in [1.54, 1.807) is 0 Å². The van der Waals surface area contributed by atoms with Crippen LogP contribution in [0.4, 0.5) is 33.5 Å². The number of halogens is 5. The minimum absolute atomic E-state index is 0.0218. The van der Waals surface area contributed by atoms with Crippen LogP contribution in [0, 0.1) is 0 Å². The van der Waals surface area contributed by atoms with Gasteiger partial charge >= 0.3 is 12.5 Å². The molecule has 4 N–H and O–H groups in total. The number of hydrogen-bond acceptors (Lipinski definition) is 8. The molecular weight excluding hydrogens is 523 g/mol. The van der Waals surface area contributed by atoms with Gasteiger partial charge in [-0.05, 0) is 37.8 Å². The Morgan fingerprint density at radius 2 is 1.74 bits per heavy atom. The Kier molecular flexibility index (Phi) is 5.81. The summed E-state index contributed by atoms with van der Waals surface area (Å²) >= 11 is 0. The monoisotopic (exact) mass is 544 g/mol. The van der Waals surface area contributed by atoms with Gasteiger partial charge in [0, 0.05) is 12.3 Å². The van der Waals surface area contributed by atoms with Crippen molar-refractivity contribution < 1.29 is 50.5 Å². The lowest BCUT2D eigenvalue weighted by Gasteiger charge is -2.53. The predicted octanol–water partition coefficient (Wildman–Crippen LogP) is 3.62. The second-order valence-corrected chi connectivity index (χ2v) is 9.25. The Hall–Kier alpha value is -3.88. The third-order valence-corrected chi connectivity index (χ3v) is 6.96. The van der Waals surface area contributed by atoms with Crippen LogP contribution in [0.3, 0.4) is 0 Å². The Bertz CT molecular complexity index is 1290. The number of rotatable bonds is 5. The molecule has 3 fully saturated rings. The van der Waals surface area contributed by atoms with E-state index in [4.69, 9.17) is 15.2 Å². The van der Waals surface area contributed by atoms with Crippen molar-refractivity contribution in [3.8, 4) is 17.2 Å². The number of nitrogen functional groups attached to an aromatic ring is 1. The molecule has 3 aliphatic heterocycles. The van der Waals surface area contributed by atoms with Crippen LogP contribution in [-0.2, 0) is 4.74 Å². The van der Waals surface area contributed by atoms with Crippen LogP contribution in [0.2, 0.25) is 0 Å². The van der Waals surface area contributed by atoms with Crippen molar-refractivity contribution in [2.24, 2.45) is 0 Å². The van der Waals surface area contributed by atoms with Crippen LogP contribution < -0.4 is 30.6 Å². The zero-order valence-corrected chi connectivity index (χ0v) is 19.7. The molecule has 2 aromatic rings. The Labute approximate surface area is 211 Å². The second kappa shape index (κ2) is 8.58. The predicted molar refractivity (Wildman–Crippen MR) is 119 cm³/mol. The highest BCUT2D eigenvalue weighted by Crippen LogP contribution is 2.52. The van der Waals surface area contributed by atoms with E-state index < -0.39 is 53.5 Å². The SMILES string of the molecule is COc1ccnc(N)c1C(=O)Nc1cc2c(cc1C(=O)NC13CCC(C(F)(F)F)(CC1)OC3)OC(F)(F)O2. The first-order valence-corrected chi connectivity index (χ1v) is 11.3. The normalized spacial score (nSPS) is 25.1. The Morgan fingerprint density at radius 1 is 1.08 bits per heavy atom. The van der Waals surface area contributed by atoms with Gasteiger partial charge in [0.1, 0.15) is 17.1 Å². The van der Waals surface area contributed by atoms with Crippen molar-refractivity contribution in [2.45, 2.75) is 49.3 Å². The largest absolute Gasteiger partial charge is 0.586 e. The number of anilines is 2. The van der Waals surface area contributed by atoms with E-state index in [1.807, 2.05) is 0 Å². The number of methoxy groups -OCH3 is 1. The van der Waals surface area contributed by atoms with Crippen LogP contribution in [0.25, 0.3) is 0 Å². The number of benzene rings is 1. The molecular formula is C23H21F5N4O6. The number of nitrogens with one attached hydrogen (secondary N) is 2. The molecule has 0 spiro atoms. The zero-order valence-electron chi connectivity index (χ0n) is 19.7. The summed E-state index contributed by atoms with van der Waals surface area (Å²) < 4.78 is 87.1. The van der Waals surface area contributed by atoms with Gasteiger partial charge in [-0.15, -0.1) is 8.78 Å². The highest BCUT2D eigenvalue weighted by molar-refractivity contribution is 6.12. The smallest absolute Gasteiger partial charge is 0.496 e. The second-order valence-electron chi connectivity index (χ2n) is 9.25. The molecule has 4 heterocycles. The number of nitrogens with zero attached hydrogens (tertiary/aromatic N) is 1. The number of carbonyl (C=O) groups is 2. The van der Waals surface area contributed by atoms with Gasteiger partial charge in [-0.2, -0.15) is 13.2 Å². The summed E-state index contributed by atoms with van der Waals surface area (Å²) in [6, 6.07) is 3.27. The number of hydrogen-bond donors (Lipinski definition) is 3. The summed E-state index contributed by atoms with van der Waals surface area (Å²) in [6.07, 6.45) is -8.02. The average Bonchev–Trinajstić information content (AvgIpc) is 3.16. The van der Waals surface area contributed by atoms with Crippen LogP contribution >= 0.6 is 0 Å². The third-order valence-electron chi connectivity index (χ3n) is 6.96. The lowest BCUT2D eigenvalue weighted by molar-refractivity contribution is -0.317. The van der Waals surface area contributed by atoms with E-state index in [0.29, 0.717) is 0 Å². The topological polar surface area (TPSA) is 134 Å². The van der Waals surface area contributed by atoms with Crippen molar-refractivity contribution in [1.29, 1.82) is 0 Å². The van der Waals surface area contributed by atoms with Gasteiger partial charge < -0.3 is 35.3 Å². The fraction of sp³-hybridized carbons (Fsp3) is 0.435. The number of ether oxygens (including phenoxy) is 4. The summed E-state index contributed by atoms with van der Waals surface area (Å²) in [7, 11) is 1.29. The molecule has 1 aromatic heterocycles. The number of amides is 2. The van der Waals surface area contributed by atoms with Crippen molar-refractivity contribution in [3.05, 3.63) is 35.5 Å². The van der Waals surface area contributed by atoms with E-state index in [-0.39, 0.29) is 54.1 Å². The van der Waals surface area contributed by atoms with Crippen molar-refractivity contribution >= 4 is 23.3 Å². The van der Waals surface area contributed by atoms with E-state index in [2.05, 4.69) is 25.1 Å². The maximum atomic E-state index is 13.7. The number of alkyl halides is 5. The van der Waals surface area contributed by atoms with E-state index in [1.165, 1.54) is 19.4 Å². The summed E-state index contributed by atoms with van der Waals surface area (Å²) in [6.45, 7) is -0.397. The lowest BCUT2D eigenvalue weighted by atomic mass is 9.70. The van der Waals surface area contributed by atoms with E-state index in [9.17, 15) is 31.5 Å². The summed E-state index contributed by atoms with van der Waals surface area (Å²) in [5.74, 6) is -2.82. The minimum Gasteiger partial charge on any atom is -0.496 e. The molecule has 204 valence electrons. The Balaban J connectivity index is 1.45. The molecule has 0 atom stereocenters. The molecule has 38 heavy (non-hydrogen) atoms. The van der Waals surface area contributed by atoms with Gasteiger partial charge in [-0.3, -0.25) is 9.59 Å². The van der Waals surface area contributed by atoms with Crippen molar-refractivity contribution in [3.63, 3.8) is 0 Å². The molecule has 2 amide bonds. The maximum absolute atomic E-state index is 13.7. The fourth-order valence-corrected chi connectivity index (χ4v) is 4.86. The van der Waals surface area contributed by atoms with Crippen molar-refractivity contribution in [1.82, 2.24) is 10.3 Å². The quantitative estimate of drug-likeness (QED) is 0.486. The highest BCUT2D eigenvalue weighted by Gasteiger charge is 2.63. The van der Waals surface area contributed by atoms with E-state index >= 15 is 0 Å². The molecule has 1 aliphatic carbocycles. The minimum atomic E-state index is -4.56. The van der Waals surface area contributed by atoms with Gasteiger partial charge in [0.15, 0.2) is 17.1 Å². The van der Waals surface area contributed by atoms with Crippen molar-refractivity contribution in [2.75, 3.05) is 24.8 Å². The molecule has 10 nitrogen and oxygen atoms in total. The van der Waals surface area contributed by atoms with Gasteiger partial charge in [-0.1, -0.05) is 0 Å². The molecule has 2 bridgehead atoms. The average molecular weight is 544 g/mol. The van der Waals surface area contributed by atoms with E-state index in [0.717, 1.165) is 12.1 Å². The molecule has 15 heteroatoms. The summed E-state index contributed by atoms with van der Waals surface area (Å²) in [4.78, 5) is 30.3. The first-order chi connectivity index (χ1) is 17.8. The summed E-state index contributed by atoms with van der Waals surface area (Å²) in [5, 5.41) is 5.10. The van der Waals surface area contributed by atoms with Crippen LogP contribution in [0.15, 0.2) is 24.4 Å². The molecule has 0 radical (unpaired) electrons. The first kappa shape index (κ1) is 25.8. The van der Waals surface area contributed by atoms with Gasteiger partial charge in [0.25, 0.3) is 11.8 Å². The first-order valence-electron chi connectivity index (χ1n) is 11.3. The van der Waals surface area contributed by atoms with Gasteiger partial charge in [-0.25, -0.2) is 4.98 Å². The molecule has 4 aliphatic rings. The standard InChI is InChI=1S/C23H21F5N4O6/c1-35-13-2-7-30-17(29)16(13)19(34)31-12-9-15-14(37-23(27,28)38-15)8-11(12)18(33)32-20-3-5-21(6-4-20,36-10-20)22(24,25)26/h2,7-9H,3-6,10H2,1H3,(H2,29,30)(H,31,34)(H,32,33). The number of carbonyl (C=O) groups excluding carboxylic acids is 2. The number of pyridine rings is 1. The molecule has 0 unspecified atom stereocenters. The number of aromatic nitrogens is 1. The number of nitrogens with two attached hydrogens (primary N) is 1. The van der Waals surface area contributed by atoms with Crippen LogP contribution in [-0.4, -0.2) is 54.1 Å². The number of fused-ring (bicyclic) bond motifs is 4. The van der Waals surface area contributed by atoms with Gasteiger partial charge in [0.05, 0.1) is 30.5 Å². The third kappa shape index (κ3) is 4.29. The fourth-order valence-electron chi connectivity index (χ4n) is 4.86. The molecule has 6 rings (SSSR count). The lowest BCUT2D eigenvalue weighted by Crippen LogP contribution is -2.66. The Morgan fingerprint density at radius 3 is 2.32 bits per heavy atom. The molecule has 1 aromatic carbocycles. The summed E-state index contributed by atoms with van der Waals surface area (Å²) in [5.41, 5.74) is 1.68. The van der Waals surface area contributed by atoms with Crippen LogP contribution in [0.5, 0.6) is 17.2 Å². The van der Waals surface area contributed by atoms with Crippen LogP contribution in [0.1, 0.15) is 46.4 Å².